The Hall–Kier alpha value is -2.69. The van der Waals surface area contributed by atoms with E-state index in [0.29, 0.717) is 0 Å². The van der Waals surface area contributed by atoms with Crippen molar-refractivity contribution >= 4 is 21.4 Å². The second kappa shape index (κ2) is 5.83. The van der Waals surface area contributed by atoms with E-state index in [0.717, 1.165) is 24.3 Å². The highest BCUT2D eigenvalue weighted by atomic mass is 32.2. The summed E-state index contributed by atoms with van der Waals surface area (Å²) in [5.74, 6) is -7.42. The maximum atomic E-state index is 13.5. The minimum absolute atomic E-state index is 0.0751. The molecule has 0 unspecified atom stereocenters. The Labute approximate surface area is 126 Å². The minimum atomic E-state index is -4.62. The van der Waals surface area contributed by atoms with Gasteiger partial charge in [-0.05, 0) is 12.1 Å². The molecule has 0 aromatic heterocycles. The minimum Gasteiger partial charge on any atom is -0.274 e. The number of hydrogen-bond donors (Lipinski definition) is 1. The normalized spacial score (nSPS) is 11.3. The van der Waals surface area contributed by atoms with Crippen molar-refractivity contribution in [1.82, 2.24) is 0 Å². The molecule has 0 spiro atoms. The Bertz CT molecular complexity index is 859. The van der Waals surface area contributed by atoms with Gasteiger partial charge in [0.2, 0.25) is 0 Å². The number of halogens is 4. The van der Waals surface area contributed by atoms with E-state index in [1.54, 1.807) is 0 Å². The van der Waals surface area contributed by atoms with Crippen molar-refractivity contribution in [2.24, 2.45) is 0 Å². The average Bonchev–Trinajstić information content (AvgIpc) is 2.49. The molecule has 0 aliphatic rings. The van der Waals surface area contributed by atoms with Gasteiger partial charge in [-0.15, -0.1) is 0 Å². The van der Waals surface area contributed by atoms with Gasteiger partial charge in [0.15, 0.2) is 23.3 Å². The number of benzene rings is 2. The van der Waals surface area contributed by atoms with Crippen LogP contribution in [0.5, 0.6) is 0 Å². The van der Waals surface area contributed by atoms with Gasteiger partial charge in [0.25, 0.3) is 15.7 Å². The number of rotatable bonds is 4. The third-order valence-electron chi connectivity index (χ3n) is 2.71. The number of nitro benzene ring substituents is 1. The molecular weight excluding hydrogens is 344 g/mol. The van der Waals surface area contributed by atoms with Crippen LogP contribution in [-0.2, 0) is 10.0 Å². The molecule has 0 saturated carbocycles. The number of non-ortho nitro benzene ring substituents is 1. The lowest BCUT2D eigenvalue weighted by atomic mass is 10.3. The molecule has 0 bridgehead atoms. The van der Waals surface area contributed by atoms with Crippen LogP contribution < -0.4 is 4.72 Å². The summed E-state index contributed by atoms with van der Waals surface area (Å²) < 4.78 is 78.3. The predicted octanol–water partition coefficient (Wildman–Crippen LogP) is 2.95. The summed E-state index contributed by atoms with van der Waals surface area (Å²) in [6.07, 6.45) is 0. The van der Waals surface area contributed by atoms with Crippen LogP contribution in [0, 0.1) is 33.4 Å². The first-order valence-corrected chi connectivity index (χ1v) is 7.22. The monoisotopic (exact) mass is 350 g/mol. The van der Waals surface area contributed by atoms with Crippen molar-refractivity contribution in [2.45, 2.75) is 4.90 Å². The third kappa shape index (κ3) is 3.23. The van der Waals surface area contributed by atoms with Gasteiger partial charge >= 0.3 is 0 Å². The van der Waals surface area contributed by atoms with Crippen LogP contribution in [0.15, 0.2) is 35.2 Å². The molecule has 0 amide bonds. The van der Waals surface area contributed by atoms with E-state index in [1.807, 2.05) is 0 Å². The van der Waals surface area contributed by atoms with Crippen molar-refractivity contribution in [3.63, 3.8) is 0 Å². The Morgan fingerprint density at radius 3 is 1.87 bits per heavy atom. The summed E-state index contributed by atoms with van der Waals surface area (Å²) in [5.41, 5.74) is -1.95. The van der Waals surface area contributed by atoms with E-state index in [1.165, 1.54) is 4.72 Å². The number of hydrogen-bond acceptors (Lipinski definition) is 4. The smallest absolute Gasteiger partial charge is 0.269 e. The predicted molar refractivity (Wildman–Crippen MR) is 70.2 cm³/mol. The number of nitrogens with one attached hydrogen (secondary N) is 1. The molecule has 0 heterocycles. The lowest BCUT2D eigenvalue weighted by Gasteiger charge is -2.10. The highest BCUT2D eigenvalue weighted by Gasteiger charge is 2.24. The van der Waals surface area contributed by atoms with Crippen molar-refractivity contribution in [3.8, 4) is 0 Å². The van der Waals surface area contributed by atoms with Crippen LogP contribution in [0.3, 0.4) is 0 Å². The lowest BCUT2D eigenvalue weighted by molar-refractivity contribution is -0.384. The van der Waals surface area contributed by atoms with Crippen LogP contribution in [-0.4, -0.2) is 13.3 Å². The highest BCUT2D eigenvalue weighted by molar-refractivity contribution is 7.92. The standard InChI is InChI=1S/C12H6F4N2O4S/c13-8-5-9(14)11(16)12(10(8)15)17-23(21,22)7-3-1-6(2-4-7)18(19)20/h1-5,17H. The van der Waals surface area contributed by atoms with Crippen molar-refractivity contribution in [2.75, 3.05) is 4.72 Å². The molecule has 1 N–H and O–H groups in total. The molecule has 2 aromatic rings. The van der Waals surface area contributed by atoms with E-state index >= 15 is 0 Å². The van der Waals surface area contributed by atoms with Gasteiger partial charge < -0.3 is 0 Å². The molecule has 122 valence electrons. The van der Waals surface area contributed by atoms with Crippen molar-refractivity contribution in [1.29, 1.82) is 0 Å². The van der Waals surface area contributed by atoms with Gasteiger partial charge in [0, 0.05) is 18.2 Å². The summed E-state index contributed by atoms with van der Waals surface area (Å²) >= 11 is 0. The molecule has 0 saturated heterocycles. The lowest BCUT2D eigenvalue weighted by Crippen LogP contribution is -2.16. The molecule has 6 nitrogen and oxygen atoms in total. The highest BCUT2D eigenvalue weighted by Crippen LogP contribution is 2.27. The molecule has 0 radical (unpaired) electrons. The average molecular weight is 350 g/mol. The zero-order valence-corrected chi connectivity index (χ0v) is 11.7. The largest absolute Gasteiger partial charge is 0.274 e. The van der Waals surface area contributed by atoms with Gasteiger partial charge in [0.1, 0.15) is 5.69 Å². The van der Waals surface area contributed by atoms with Crippen molar-refractivity contribution < 1.29 is 30.9 Å². The molecule has 0 atom stereocenters. The molecular formula is C12H6F4N2O4S. The Balaban J connectivity index is 2.45. The number of anilines is 1. The Morgan fingerprint density at radius 2 is 1.43 bits per heavy atom. The Morgan fingerprint density at radius 1 is 0.957 bits per heavy atom. The Kier molecular flexibility index (Phi) is 4.23. The van der Waals surface area contributed by atoms with Crippen LogP contribution in [0.4, 0.5) is 28.9 Å². The van der Waals surface area contributed by atoms with Crippen LogP contribution >= 0.6 is 0 Å². The van der Waals surface area contributed by atoms with E-state index in [9.17, 15) is 36.1 Å². The maximum absolute atomic E-state index is 13.5. The molecule has 0 aliphatic carbocycles. The van der Waals surface area contributed by atoms with E-state index in [-0.39, 0.29) is 6.07 Å². The van der Waals surface area contributed by atoms with E-state index < -0.39 is 54.5 Å². The zero-order valence-electron chi connectivity index (χ0n) is 10.9. The number of sulfonamides is 1. The fourth-order valence-electron chi connectivity index (χ4n) is 1.60. The molecule has 0 aliphatic heterocycles. The summed E-state index contributed by atoms with van der Waals surface area (Å²) in [4.78, 5) is 9.10. The molecule has 2 aromatic carbocycles. The van der Waals surface area contributed by atoms with Gasteiger partial charge in [-0.1, -0.05) is 0 Å². The topological polar surface area (TPSA) is 89.3 Å². The number of nitrogens with zero attached hydrogens (tertiary/aromatic N) is 1. The second-order valence-corrected chi connectivity index (χ2v) is 5.88. The van der Waals surface area contributed by atoms with Crippen LogP contribution in [0.2, 0.25) is 0 Å². The second-order valence-electron chi connectivity index (χ2n) is 4.20. The number of nitro groups is 1. The summed E-state index contributed by atoms with van der Waals surface area (Å²) in [7, 11) is -4.62. The fourth-order valence-corrected chi connectivity index (χ4v) is 2.66. The van der Waals surface area contributed by atoms with E-state index in [4.69, 9.17) is 0 Å². The first-order valence-electron chi connectivity index (χ1n) is 5.73. The SMILES string of the molecule is O=[N+]([O-])c1ccc(S(=O)(=O)Nc2c(F)c(F)cc(F)c2F)cc1. The van der Waals surface area contributed by atoms with Gasteiger partial charge in [0.05, 0.1) is 9.82 Å². The van der Waals surface area contributed by atoms with E-state index in [2.05, 4.69) is 0 Å². The molecule has 2 rings (SSSR count). The summed E-state index contributed by atoms with van der Waals surface area (Å²) in [5, 5.41) is 10.5. The van der Waals surface area contributed by atoms with Crippen molar-refractivity contribution in [3.05, 3.63) is 63.7 Å². The van der Waals surface area contributed by atoms with Crippen LogP contribution in [0.1, 0.15) is 0 Å². The van der Waals surface area contributed by atoms with Crippen LogP contribution in [0.25, 0.3) is 0 Å². The molecule has 11 heteroatoms. The fraction of sp³-hybridized carbons (Fsp3) is 0. The maximum Gasteiger partial charge on any atom is 0.269 e. The third-order valence-corrected chi connectivity index (χ3v) is 4.07. The van der Waals surface area contributed by atoms with Gasteiger partial charge in [-0.3, -0.25) is 14.8 Å². The molecule has 0 fully saturated rings. The first-order chi connectivity index (χ1) is 10.6. The summed E-state index contributed by atoms with van der Waals surface area (Å²) in [6.45, 7) is 0. The zero-order chi connectivity index (χ0) is 17.4. The molecule has 23 heavy (non-hydrogen) atoms. The first kappa shape index (κ1) is 16.7. The summed E-state index contributed by atoms with van der Waals surface area (Å²) in [6, 6.07) is 3.20. The quantitative estimate of drug-likeness (QED) is 0.397. The van der Waals surface area contributed by atoms with Gasteiger partial charge in [-0.2, -0.15) is 0 Å². The van der Waals surface area contributed by atoms with Gasteiger partial charge in [-0.25, -0.2) is 26.0 Å².